The number of benzene rings is 2. The van der Waals surface area contributed by atoms with E-state index in [2.05, 4.69) is 4.98 Å². The summed E-state index contributed by atoms with van der Waals surface area (Å²) in [5.74, 6) is -3.41. The number of rotatable bonds is 3. The number of nitrogens with zero attached hydrogens (tertiary/aromatic N) is 1. The van der Waals surface area contributed by atoms with E-state index in [4.69, 9.17) is 9.84 Å². The van der Waals surface area contributed by atoms with E-state index in [1.54, 1.807) is 0 Å². The summed E-state index contributed by atoms with van der Waals surface area (Å²) in [5, 5.41) is 19.5. The van der Waals surface area contributed by atoms with Crippen LogP contribution < -0.4 is 4.74 Å². The molecule has 0 atom stereocenters. The number of fused-ring (bicyclic) bond motifs is 1. The summed E-state index contributed by atoms with van der Waals surface area (Å²) in [6.07, 6.45) is 1.27. The van der Waals surface area contributed by atoms with E-state index in [1.165, 1.54) is 30.5 Å². The zero-order valence-electron chi connectivity index (χ0n) is 11.5. The highest BCUT2D eigenvalue weighted by Gasteiger charge is 2.15. The Balaban J connectivity index is 1.98. The van der Waals surface area contributed by atoms with Crippen molar-refractivity contribution in [2.75, 3.05) is 0 Å². The minimum Gasteiger partial charge on any atom is -0.505 e. The molecule has 3 aromatic rings. The fraction of sp³-hybridized carbons (Fsp3) is 0. The SMILES string of the molecule is O=C(O)c1ncc2cc(Oc3ccc(F)c(F)c3)ccc2c1O. The number of carbonyl (C=O) groups is 1. The predicted octanol–water partition coefficient (Wildman–Crippen LogP) is 3.71. The third-order valence-corrected chi connectivity index (χ3v) is 3.16. The highest BCUT2D eigenvalue weighted by Crippen LogP contribution is 2.31. The molecule has 3 rings (SSSR count). The highest BCUT2D eigenvalue weighted by atomic mass is 19.2. The van der Waals surface area contributed by atoms with Crippen LogP contribution in [0.4, 0.5) is 8.78 Å². The molecule has 2 aromatic carbocycles. The molecule has 0 spiro atoms. The molecule has 2 N–H and O–H groups in total. The first kappa shape index (κ1) is 14.7. The van der Waals surface area contributed by atoms with Crippen molar-refractivity contribution in [3.63, 3.8) is 0 Å². The maximum Gasteiger partial charge on any atom is 0.358 e. The maximum atomic E-state index is 13.2. The van der Waals surface area contributed by atoms with E-state index >= 15 is 0 Å². The minimum atomic E-state index is -1.34. The van der Waals surface area contributed by atoms with Gasteiger partial charge in [-0.1, -0.05) is 0 Å². The second kappa shape index (κ2) is 5.53. The van der Waals surface area contributed by atoms with Gasteiger partial charge in [0.05, 0.1) is 0 Å². The third-order valence-electron chi connectivity index (χ3n) is 3.16. The van der Waals surface area contributed by atoms with Gasteiger partial charge in [-0.05, 0) is 30.3 Å². The zero-order valence-corrected chi connectivity index (χ0v) is 11.5. The molecule has 1 heterocycles. The molecule has 0 aliphatic heterocycles. The summed E-state index contributed by atoms with van der Waals surface area (Å²) in [4.78, 5) is 14.6. The molecule has 0 unspecified atom stereocenters. The number of carboxylic acid groups (broad SMARTS) is 1. The zero-order chi connectivity index (χ0) is 16.6. The smallest absolute Gasteiger partial charge is 0.358 e. The third kappa shape index (κ3) is 2.76. The standard InChI is InChI=1S/C16H9F2NO4/c17-12-4-2-10(6-13(12)18)23-9-1-3-11-8(5-9)7-19-14(15(11)20)16(21)22/h1-7,20H,(H,21,22). The van der Waals surface area contributed by atoms with E-state index in [9.17, 15) is 18.7 Å². The van der Waals surface area contributed by atoms with Gasteiger partial charge in [0, 0.05) is 23.0 Å². The average molecular weight is 317 g/mol. The van der Waals surface area contributed by atoms with E-state index in [1.807, 2.05) is 0 Å². The van der Waals surface area contributed by atoms with Crippen LogP contribution in [0.25, 0.3) is 10.8 Å². The predicted molar refractivity (Wildman–Crippen MR) is 76.8 cm³/mol. The van der Waals surface area contributed by atoms with Crippen molar-refractivity contribution in [1.82, 2.24) is 4.98 Å². The van der Waals surface area contributed by atoms with Gasteiger partial charge in [-0.25, -0.2) is 18.6 Å². The molecule has 0 fully saturated rings. The second-order valence-corrected chi connectivity index (χ2v) is 4.69. The lowest BCUT2D eigenvalue weighted by molar-refractivity contribution is 0.0687. The van der Waals surface area contributed by atoms with Gasteiger partial charge >= 0.3 is 5.97 Å². The molecule has 0 saturated carbocycles. The molecular weight excluding hydrogens is 308 g/mol. The van der Waals surface area contributed by atoms with Crippen LogP contribution in [0.2, 0.25) is 0 Å². The summed E-state index contributed by atoms with van der Waals surface area (Å²) < 4.78 is 31.4. The van der Waals surface area contributed by atoms with Crippen molar-refractivity contribution >= 4 is 16.7 Å². The summed E-state index contributed by atoms with van der Waals surface area (Å²) in [7, 11) is 0. The van der Waals surface area contributed by atoms with Crippen LogP contribution in [0.3, 0.4) is 0 Å². The summed E-state index contributed by atoms with van der Waals surface area (Å²) in [6.45, 7) is 0. The minimum absolute atomic E-state index is 0.0996. The average Bonchev–Trinajstić information content (AvgIpc) is 2.51. The molecule has 23 heavy (non-hydrogen) atoms. The number of aromatic carboxylic acids is 1. The fourth-order valence-electron chi connectivity index (χ4n) is 2.08. The molecule has 0 aliphatic rings. The monoisotopic (exact) mass is 317 g/mol. The number of halogens is 2. The first-order valence-electron chi connectivity index (χ1n) is 6.43. The van der Waals surface area contributed by atoms with Crippen LogP contribution in [0.15, 0.2) is 42.6 Å². The number of hydrogen-bond acceptors (Lipinski definition) is 4. The normalized spacial score (nSPS) is 10.7. The first-order chi connectivity index (χ1) is 11.0. The molecule has 116 valence electrons. The molecule has 5 nitrogen and oxygen atoms in total. The van der Waals surface area contributed by atoms with Gasteiger partial charge in [0.2, 0.25) is 0 Å². The summed E-state index contributed by atoms with van der Waals surface area (Å²) >= 11 is 0. The van der Waals surface area contributed by atoms with Crippen molar-refractivity contribution in [1.29, 1.82) is 0 Å². The lowest BCUT2D eigenvalue weighted by Gasteiger charge is -2.08. The van der Waals surface area contributed by atoms with Gasteiger partial charge < -0.3 is 14.9 Å². The molecule has 0 aliphatic carbocycles. The van der Waals surface area contributed by atoms with Gasteiger partial charge in [0.25, 0.3) is 0 Å². The van der Waals surface area contributed by atoms with Crippen LogP contribution in [0.1, 0.15) is 10.5 Å². The van der Waals surface area contributed by atoms with Crippen LogP contribution in [-0.4, -0.2) is 21.2 Å². The number of aromatic nitrogens is 1. The van der Waals surface area contributed by atoms with Crippen LogP contribution in [-0.2, 0) is 0 Å². The Morgan fingerprint density at radius 1 is 1.04 bits per heavy atom. The van der Waals surface area contributed by atoms with E-state index in [0.717, 1.165) is 12.1 Å². The lowest BCUT2D eigenvalue weighted by Crippen LogP contribution is -2.00. The number of carboxylic acids is 1. The van der Waals surface area contributed by atoms with Crippen LogP contribution in [0, 0.1) is 11.6 Å². The molecule has 1 aromatic heterocycles. The largest absolute Gasteiger partial charge is 0.505 e. The van der Waals surface area contributed by atoms with Crippen molar-refractivity contribution < 1.29 is 28.5 Å². The Hall–Kier alpha value is -3.22. The quantitative estimate of drug-likeness (QED) is 0.770. The Bertz CT molecular complexity index is 927. The summed E-state index contributed by atoms with van der Waals surface area (Å²) in [5.41, 5.74) is -0.452. The van der Waals surface area contributed by atoms with Crippen LogP contribution >= 0.6 is 0 Å². The number of aromatic hydroxyl groups is 1. The van der Waals surface area contributed by atoms with Gasteiger partial charge in [-0.3, -0.25) is 0 Å². The van der Waals surface area contributed by atoms with E-state index in [0.29, 0.717) is 11.1 Å². The van der Waals surface area contributed by atoms with Crippen molar-refractivity contribution in [3.05, 3.63) is 59.9 Å². The Labute approximate surface area is 128 Å². The lowest BCUT2D eigenvalue weighted by atomic mass is 10.1. The Morgan fingerprint density at radius 3 is 2.43 bits per heavy atom. The Kier molecular flexibility index (Phi) is 3.53. The number of pyridine rings is 1. The van der Waals surface area contributed by atoms with Crippen molar-refractivity contribution in [2.45, 2.75) is 0 Å². The molecule has 7 heteroatoms. The molecular formula is C16H9F2NO4. The van der Waals surface area contributed by atoms with Gasteiger partial charge in [0.15, 0.2) is 23.1 Å². The van der Waals surface area contributed by atoms with E-state index in [-0.39, 0.29) is 11.1 Å². The van der Waals surface area contributed by atoms with Gasteiger partial charge in [-0.2, -0.15) is 0 Å². The van der Waals surface area contributed by atoms with Gasteiger partial charge in [0.1, 0.15) is 11.5 Å². The van der Waals surface area contributed by atoms with Crippen molar-refractivity contribution in [3.8, 4) is 17.2 Å². The van der Waals surface area contributed by atoms with Gasteiger partial charge in [-0.15, -0.1) is 0 Å². The second-order valence-electron chi connectivity index (χ2n) is 4.69. The highest BCUT2D eigenvalue weighted by molar-refractivity contribution is 5.98. The fourth-order valence-corrected chi connectivity index (χ4v) is 2.08. The molecule has 0 amide bonds. The maximum absolute atomic E-state index is 13.2. The topological polar surface area (TPSA) is 79.7 Å². The Morgan fingerprint density at radius 2 is 1.74 bits per heavy atom. The van der Waals surface area contributed by atoms with Crippen molar-refractivity contribution in [2.24, 2.45) is 0 Å². The van der Waals surface area contributed by atoms with Crippen LogP contribution in [0.5, 0.6) is 17.2 Å². The number of hydrogen-bond donors (Lipinski definition) is 2. The summed E-state index contributed by atoms with van der Waals surface area (Å²) in [6, 6.07) is 7.53. The number of ether oxygens (including phenoxy) is 1. The van der Waals surface area contributed by atoms with E-state index < -0.39 is 29.0 Å². The molecule has 0 saturated heterocycles. The molecule has 0 radical (unpaired) electrons. The molecule has 0 bridgehead atoms. The first-order valence-corrected chi connectivity index (χ1v) is 6.43.